The summed E-state index contributed by atoms with van der Waals surface area (Å²) in [6.45, 7) is 2.42. The van der Waals surface area contributed by atoms with Crippen LogP contribution in [0.5, 0.6) is 5.75 Å². The Morgan fingerprint density at radius 2 is 1.84 bits per heavy atom. The van der Waals surface area contributed by atoms with Crippen LogP contribution in [0.1, 0.15) is 19.3 Å². The highest BCUT2D eigenvalue weighted by Crippen LogP contribution is 2.18. The molecule has 0 amide bonds. The molecule has 142 valence electrons. The zero-order valence-corrected chi connectivity index (χ0v) is 15.8. The summed E-state index contributed by atoms with van der Waals surface area (Å²) in [5.74, 6) is 0.0856. The van der Waals surface area contributed by atoms with Crippen LogP contribution in [0.3, 0.4) is 0 Å². The maximum Gasteiger partial charge on any atom is 0.179 e. The van der Waals surface area contributed by atoms with Crippen molar-refractivity contribution in [1.82, 2.24) is 4.90 Å². The maximum atomic E-state index is 13.2. The normalized spacial score (nSPS) is 16.3. The molecular weight excluding hydrogens is 367 g/mol. The zero-order valence-electron chi connectivity index (χ0n) is 14.2. The summed E-state index contributed by atoms with van der Waals surface area (Å²) < 4.78 is 43.2. The molecule has 25 heavy (non-hydrogen) atoms. The van der Waals surface area contributed by atoms with Gasteiger partial charge in [0.05, 0.1) is 10.6 Å². The molecular formula is C17H26ClFN2O3S. The summed E-state index contributed by atoms with van der Waals surface area (Å²) in [4.78, 5) is 2.47. The summed E-state index contributed by atoms with van der Waals surface area (Å²) in [7, 11) is -3.32. The minimum absolute atomic E-state index is 0. The van der Waals surface area contributed by atoms with E-state index in [4.69, 9.17) is 10.5 Å². The van der Waals surface area contributed by atoms with E-state index in [0.29, 0.717) is 12.3 Å². The van der Waals surface area contributed by atoms with Crippen molar-refractivity contribution in [1.29, 1.82) is 0 Å². The lowest BCUT2D eigenvalue weighted by Crippen LogP contribution is -2.33. The fourth-order valence-corrected chi connectivity index (χ4v) is 3.92. The van der Waals surface area contributed by atoms with E-state index < -0.39 is 15.7 Å². The molecule has 0 atom stereocenters. The number of ether oxygens (including phenoxy) is 1. The second kappa shape index (κ2) is 10.8. The molecule has 0 aromatic heterocycles. The predicted octanol–water partition coefficient (Wildman–Crippen LogP) is 2.56. The van der Waals surface area contributed by atoms with Crippen LogP contribution in [0, 0.1) is 0 Å². The Morgan fingerprint density at radius 3 is 2.44 bits per heavy atom. The van der Waals surface area contributed by atoms with Gasteiger partial charge in [-0.15, -0.1) is 12.4 Å². The molecule has 2 N–H and O–H groups in total. The standard InChI is InChI=1S/C17H25FN2O3S.ClH/c18-15(8-9-19)14-23-16-4-6-17(7-5-16)24(21,22)13-12-20-10-2-1-3-11-20;/h4-8H,1-3,9-14,19H2;1H/b15-8-;. The van der Waals surface area contributed by atoms with Crippen LogP contribution in [0.25, 0.3) is 0 Å². The number of halogens is 2. The topological polar surface area (TPSA) is 72.6 Å². The molecule has 0 unspecified atom stereocenters. The number of hydrogen-bond acceptors (Lipinski definition) is 5. The van der Waals surface area contributed by atoms with Crippen LogP contribution in [-0.2, 0) is 9.84 Å². The highest BCUT2D eigenvalue weighted by atomic mass is 35.5. The number of piperidine rings is 1. The minimum Gasteiger partial charge on any atom is -0.487 e. The summed E-state index contributed by atoms with van der Waals surface area (Å²) >= 11 is 0. The van der Waals surface area contributed by atoms with Crippen LogP contribution in [0.4, 0.5) is 4.39 Å². The van der Waals surface area contributed by atoms with Crippen molar-refractivity contribution < 1.29 is 17.5 Å². The average molecular weight is 393 g/mol. The van der Waals surface area contributed by atoms with Gasteiger partial charge in [-0.05, 0) is 56.3 Å². The second-order valence-corrected chi connectivity index (χ2v) is 7.98. The Labute approximate surface area is 155 Å². The fourth-order valence-electron chi connectivity index (χ4n) is 2.63. The maximum absolute atomic E-state index is 13.2. The third-order valence-electron chi connectivity index (χ3n) is 4.02. The highest BCUT2D eigenvalue weighted by molar-refractivity contribution is 7.91. The van der Waals surface area contributed by atoms with Gasteiger partial charge >= 0.3 is 0 Å². The van der Waals surface area contributed by atoms with Crippen molar-refractivity contribution >= 4 is 22.2 Å². The Bertz CT molecular complexity index is 644. The number of sulfone groups is 1. The average Bonchev–Trinajstić information content (AvgIpc) is 2.60. The number of hydrogen-bond donors (Lipinski definition) is 1. The molecule has 1 heterocycles. The molecule has 2 rings (SSSR count). The Hall–Kier alpha value is -1.15. The van der Waals surface area contributed by atoms with Crippen molar-refractivity contribution in [2.45, 2.75) is 24.2 Å². The smallest absolute Gasteiger partial charge is 0.179 e. The van der Waals surface area contributed by atoms with E-state index in [1.165, 1.54) is 24.6 Å². The number of benzene rings is 1. The second-order valence-electron chi connectivity index (χ2n) is 5.87. The number of rotatable bonds is 8. The molecule has 5 nitrogen and oxygen atoms in total. The molecule has 0 saturated carbocycles. The summed E-state index contributed by atoms with van der Waals surface area (Å²) in [6, 6.07) is 6.10. The van der Waals surface area contributed by atoms with Gasteiger partial charge in [0.25, 0.3) is 0 Å². The van der Waals surface area contributed by atoms with Crippen molar-refractivity contribution in [3.05, 3.63) is 36.2 Å². The number of likely N-dealkylation sites (tertiary alicyclic amines) is 1. The quantitative estimate of drug-likeness (QED) is 0.736. The van der Waals surface area contributed by atoms with Crippen molar-refractivity contribution in [3.8, 4) is 5.75 Å². The van der Waals surface area contributed by atoms with Gasteiger partial charge in [-0.25, -0.2) is 12.8 Å². The van der Waals surface area contributed by atoms with Gasteiger partial charge in [0, 0.05) is 13.1 Å². The summed E-state index contributed by atoms with van der Waals surface area (Å²) in [5, 5.41) is 0. The molecule has 8 heteroatoms. The van der Waals surface area contributed by atoms with Gasteiger partial charge in [-0.2, -0.15) is 0 Å². The molecule has 1 aromatic carbocycles. The van der Waals surface area contributed by atoms with Crippen LogP contribution in [0.15, 0.2) is 41.1 Å². The van der Waals surface area contributed by atoms with Crippen LogP contribution in [-0.4, -0.2) is 51.9 Å². The van der Waals surface area contributed by atoms with Crippen molar-refractivity contribution in [2.24, 2.45) is 5.73 Å². The van der Waals surface area contributed by atoms with Gasteiger partial charge in [0.1, 0.15) is 18.2 Å². The molecule has 1 fully saturated rings. The van der Waals surface area contributed by atoms with Gasteiger partial charge in [0.2, 0.25) is 0 Å². The Morgan fingerprint density at radius 1 is 1.20 bits per heavy atom. The fraction of sp³-hybridized carbons (Fsp3) is 0.529. The van der Waals surface area contributed by atoms with E-state index >= 15 is 0 Å². The first-order valence-electron chi connectivity index (χ1n) is 8.24. The monoisotopic (exact) mass is 392 g/mol. The van der Waals surface area contributed by atoms with E-state index in [0.717, 1.165) is 25.9 Å². The van der Waals surface area contributed by atoms with Gasteiger partial charge in [-0.1, -0.05) is 6.42 Å². The van der Waals surface area contributed by atoms with Crippen LogP contribution in [0.2, 0.25) is 0 Å². The number of nitrogens with zero attached hydrogens (tertiary/aromatic N) is 1. The lowest BCUT2D eigenvalue weighted by Gasteiger charge is -2.26. The van der Waals surface area contributed by atoms with Crippen molar-refractivity contribution in [3.63, 3.8) is 0 Å². The van der Waals surface area contributed by atoms with E-state index in [-0.39, 0.29) is 36.2 Å². The van der Waals surface area contributed by atoms with E-state index in [1.807, 2.05) is 0 Å². The first-order chi connectivity index (χ1) is 11.5. The summed E-state index contributed by atoms with van der Waals surface area (Å²) in [5.41, 5.74) is 5.21. The van der Waals surface area contributed by atoms with Crippen LogP contribution >= 0.6 is 12.4 Å². The molecule has 1 aliphatic rings. The molecule has 1 aliphatic heterocycles. The van der Waals surface area contributed by atoms with E-state index in [9.17, 15) is 12.8 Å². The van der Waals surface area contributed by atoms with Crippen LogP contribution < -0.4 is 10.5 Å². The molecule has 0 radical (unpaired) electrons. The van der Waals surface area contributed by atoms with Gasteiger partial charge in [-0.3, -0.25) is 0 Å². The van der Waals surface area contributed by atoms with Gasteiger partial charge in [0.15, 0.2) is 9.84 Å². The van der Waals surface area contributed by atoms with E-state index in [1.54, 1.807) is 12.1 Å². The molecule has 0 aliphatic carbocycles. The minimum atomic E-state index is -3.32. The highest BCUT2D eigenvalue weighted by Gasteiger charge is 2.18. The largest absolute Gasteiger partial charge is 0.487 e. The predicted molar refractivity (Wildman–Crippen MR) is 99.8 cm³/mol. The first-order valence-corrected chi connectivity index (χ1v) is 9.89. The molecule has 0 spiro atoms. The first kappa shape index (κ1) is 21.9. The molecule has 1 aromatic rings. The number of nitrogens with two attached hydrogens (primary N) is 1. The third-order valence-corrected chi connectivity index (χ3v) is 5.73. The Balaban J connectivity index is 0.00000312. The van der Waals surface area contributed by atoms with Crippen molar-refractivity contribution in [2.75, 3.05) is 38.5 Å². The summed E-state index contributed by atoms with van der Waals surface area (Å²) in [6.07, 6.45) is 4.74. The Kier molecular flexibility index (Phi) is 9.42. The SMILES string of the molecule is Cl.NC/C=C(\F)COc1ccc(S(=O)(=O)CCN2CCCCC2)cc1. The lowest BCUT2D eigenvalue weighted by atomic mass is 10.1. The molecule has 1 saturated heterocycles. The van der Waals surface area contributed by atoms with E-state index in [2.05, 4.69) is 4.90 Å². The van der Waals surface area contributed by atoms with Gasteiger partial charge < -0.3 is 15.4 Å². The molecule has 0 bridgehead atoms. The third kappa shape index (κ3) is 7.32. The zero-order chi connectivity index (χ0) is 17.4. The lowest BCUT2D eigenvalue weighted by molar-refractivity contribution is 0.241.